The third-order valence-electron chi connectivity index (χ3n) is 6.95. The van der Waals surface area contributed by atoms with Crippen molar-refractivity contribution in [1.29, 1.82) is 0 Å². The largest absolute Gasteiger partial charge is 0.497 e. The Morgan fingerprint density at radius 3 is 2.53 bits per heavy atom. The molecule has 7 nitrogen and oxygen atoms in total. The molecule has 2 heterocycles. The summed E-state index contributed by atoms with van der Waals surface area (Å²) >= 11 is 0. The van der Waals surface area contributed by atoms with Crippen LogP contribution in [0, 0.1) is 5.92 Å². The number of esters is 1. The molecule has 0 spiro atoms. The van der Waals surface area contributed by atoms with Crippen molar-refractivity contribution in [2.75, 3.05) is 27.4 Å². The molecule has 1 aliphatic rings. The first-order valence-electron chi connectivity index (χ1n) is 13.1. The topological polar surface area (TPSA) is 86.4 Å². The van der Waals surface area contributed by atoms with Crippen LogP contribution in [-0.4, -0.2) is 38.3 Å². The molecule has 7 heteroatoms. The fraction of sp³-hybridized carbons (Fsp3) is 0.323. The third kappa shape index (κ3) is 5.34. The molecule has 0 radical (unpaired) electrons. The number of aromatic amines is 1. The summed E-state index contributed by atoms with van der Waals surface area (Å²) in [5.41, 5.74) is 6.38. The average molecular weight is 516 g/mol. The van der Waals surface area contributed by atoms with Crippen LogP contribution in [0.1, 0.15) is 52.6 Å². The number of methoxy groups -OCH3 is 2. The van der Waals surface area contributed by atoms with Gasteiger partial charge in [-0.3, -0.25) is 0 Å². The highest BCUT2D eigenvalue weighted by atomic mass is 16.5. The molecule has 0 aliphatic carbocycles. The quantitative estimate of drug-likeness (QED) is 0.313. The predicted octanol–water partition coefficient (Wildman–Crippen LogP) is 4.79. The molecular weight excluding hydrogens is 480 g/mol. The van der Waals surface area contributed by atoms with Crippen LogP contribution in [0.3, 0.4) is 0 Å². The van der Waals surface area contributed by atoms with Gasteiger partial charge in [0.1, 0.15) is 23.9 Å². The van der Waals surface area contributed by atoms with Crippen molar-refractivity contribution in [3.63, 3.8) is 0 Å². The van der Waals surface area contributed by atoms with E-state index in [-0.39, 0.29) is 12.0 Å². The predicted molar refractivity (Wildman–Crippen MR) is 146 cm³/mol. The summed E-state index contributed by atoms with van der Waals surface area (Å²) in [6, 6.07) is 19.7. The minimum Gasteiger partial charge on any atom is -0.497 e. The van der Waals surface area contributed by atoms with Crippen molar-refractivity contribution < 1.29 is 29.1 Å². The van der Waals surface area contributed by atoms with E-state index in [1.165, 1.54) is 22.2 Å². The van der Waals surface area contributed by atoms with Gasteiger partial charge in [0.2, 0.25) is 0 Å². The van der Waals surface area contributed by atoms with E-state index in [1.807, 2.05) is 26.0 Å². The van der Waals surface area contributed by atoms with Gasteiger partial charge < -0.3 is 29.2 Å². The van der Waals surface area contributed by atoms with E-state index in [2.05, 4.69) is 34.6 Å². The summed E-state index contributed by atoms with van der Waals surface area (Å²) < 4.78 is 22.5. The monoisotopic (exact) mass is 515 g/mol. The van der Waals surface area contributed by atoms with E-state index >= 15 is 0 Å². The van der Waals surface area contributed by atoms with E-state index in [0.717, 1.165) is 35.5 Å². The van der Waals surface area contributed by atoms with E-state index in [9.17, 15) is 4.79 Å². The molecule has 1 atom stereocenters. The third-order valence-corrected chi connectivity index (χ3v) is 6.95. The van der Waals surface area contributed by atoms with Gasteiger partial charge in [0.15, 0.2) is 6.04 Å². The maximum atomic E-state index is 12.2. The van der Waals surface area contributed by atoms with Gasteiger partial charge in [0.05, 0.1) is 38.6 Å². The van der Waals surface area contributed by atoms with E-state index < -0.39 is 0 Å². The van der Waals surface area contributed by atoms with Crippen LogP contribution in [0.4, 0.5) is 0 Å². The van der Waals surface area contributed by atoms with Crippen molar-refractivity contribution in [3.8, 4) is 17.2 Å². The zero-order valence-electron chi connectivity index (χ0n) is 22.4. The van der Waals surface area contributed by atoms with Crippen molar-refractivity contribution >= 4 is 16.9 Å². The number of nitrogens with one attached hydrogen (secondary N) is 1. The highest BCUT2D eigenvalue weighted by Gasteiger charge is 2.29. The molecule has 0 fully saturated rings. The number of benzene rings is 3. The first-order chi connectivity index (χ1) is 18.5. The molecule has 1 aromatic heterocycles. The number of H-pyrrole nitrogens is 1. The zero-order valence-corrected chi connectivity index (χ0v) is 22.4. The summed E-state index contributed by atoms with van der Waals surface area (Å²) in [5, 5.41) is 3.60. The van der Waals surface area contributed by atoms with Gasteiger partial charge in [0.25, 0.3) is 0 Å². The number of carbonyl (C=O) groups is 1. The second-order valence-corrected chi connectivity index (χ2v) is 10.1. The maximum absolute atomic E-state index is 12.2. The second kappa shape index (κ2) is 11.2. The van der Waals surface area contributed by atoms with Crippen molar-refractivity contribution in [2.45, 2.75) is 32.9 Å². The lowest BCUT2D eigenvalue weighted by atomic mass is 9.93. The molecule has 0 bridgehead atoms. The molecule has 5 rings (SSSR count). The Balaban J connectivity index is 1.35. The smallest absolute Gasteiger partial charge is 0.338 e. The van der Waals surface area contributed by atoms with Gasteiger partial charge in [-0.15, -0.1) is 0 Å². The molecule has 4 aromatic rings. The van der Waals surface area contributed by atoms with Crippen LogP contribution in [0.15, 0.2) is 60.7 Å². The first-order valence-corrected chi connectivity index (χ1v) is 13.1. The molecule has 38 heavy (non-hydrogen) atoms. The molecule has 3 aromatic carbocycles. The van der Waals surface area contributed by atoms with Crippen LogP contribution in [0.2, 0.25) is 0 Å². The van der Waals surface area contributed by atoms with E-state index in [0.29, 0.717) is 30.4 Å². The summed E-state index contributed by atoms with van der Waals surface area (Å²) in [6.07, 6.45) is 1.01. The number of nitrogens with two attached hydrogens (primary N) is 1. The number of ether oxygens (including phenoxy) is 4. The Morgan fingerprint density at radius 2 is 1.79 bits per heavy atom. The van der Waals surface area contributed by atoms with Crippen molar-refractivity contribution in [1.82, 2.24) is 4.98 Å². The fourth-order valence-electron chi connectivity index (χ4n) is 5.00. The van der Waals surface area contributed by atoms with Crippen LogP contribution < -0.4 is 19.5 Å². The summed E-state index contributed by atoms with van der Waals surface area (Å²) in [5.74, 6) is 2.30. The number of carbonyl (C=O) groups excluding carboxylic acids is 1. The lowest BCUT2D eigenvalue weighted by Crippen LogP contribution is -2.87. The minimum atomic E-state index is -0.321. The Morgan fingerprint density at radius 1 is 1.00 bits per heavy atom. The van der Waals surface area contributed by atoms with Crippen LogP contribution in [0.25, 0.3) is 10.9 Å². The summed E-state index contributed by atoms with van der Waals surface area (Å²) in [6.45, 7) is 5.77. The molecule has 0 saturated carbocycles. The van der Waals surface area contributed by atoms with Gasteiger partial charge in [-0.2, -0.15) is 0 Å². The lowest BCUT2D eigenvalue weighted by molar-refractivity contribution is -0.690. The number of quaternary nitrogens is 1. The van der Waals surface area contributed by atoms with Gasteiger partial charge in [-0.25, -0.2) is 4.79 Å². The number of hydrogen-bond donors (Lipinski definition) is 2. The molecule has 0 unspecified atom stereocenters. The molecule has 0 saturated heterocycles. The normalized spacial score (nSPS) is 14.8. The number of aromatic nitrogens is 1. The van der Waals surface area contributed by atoms with E-state index in [1.54, 1.807) is 38.5 Å². The Kier molecular flexibility index (Phi) is 7.56. The number of hydrogen-bond acceptors (Lipinski definition) is 5. The summed E-state index contributed by atoms with van der Waals surface area (Å²) in [4.78, 5) is 15.9. The van der Waals surface area contributed by atoms with Crippen LogP contribution >= 0.6 is 0 Å². The molecule has 1 aliphatic heterocycles. The van der Waals surface area contributed by atoms with Crippen molar-refractivity contribution in [2.24, 2.45) is 5.92 Å². The van der Waals surface area contributed by atoms with Gasteiger partial charge in [-0.05, 0) is 72.1 Å². The Hall–Kier alpha value is -3.97. The second-order valence-electron chi connectivity index (χ2n) is 10.1. The molecule has 0 amide bonds. The Labute approximate surface area is 223 Å². The number of rotatable bonds is 9. The fourth-order valence-corrected chi connectivity index (χ4v) is 5.00. The summed E-state index contributed by atoms with van der Waals surface area (Å²) in [7, 11) is 3.38. The average Bonchev–Trinajstić information content (AvgIpc) is 3.33. The first kappa shape index (κ1) is 25.7. The standard InChI is InChI=1S/C31H34N2O5/c1-19(2)17-38-31(34)20-5-8-23(9-6-20)37-18-22-15-21(7-12-28(22)36-4)29-30-25(13-14-32-29)26-16-24(35-3)10-11-27(26)33-30/h5-12,15-16,19,29,32-33H,13-14,17-18H2,1-4H3/p+1/t29-/m1/s1. The Bertz CT molecular complexity index is 1420. The zero-order chi connectivity index (χ0) is 26.6. The molecule has 198 valence electrons. The minimum absolute atomic E-state index is 0.151. The van der Waals surface area contributed by atoms with Crippen LogP contribution in [-0.2, 0) is 17.8 Å². The SMILES string of the molecule is COc1ccc2[nH]c3c(c2c1)CC[NH2+][C@@H]3c1ccc(OC)c(COc2ccc(C(=O)OCC(C)C)cc2)c1. The van der Waals surface area contributed by atoms with Gasteiger partial charge >= 0.3 is 5.97 Å². The highest BCUT2D eigenvalue weighted by Crippen LogP contribution is 2.34. The maximum Gasteiger partial charge on any atom is 0.338 e. The lowest BCUT2D eigenvalue weighted by Gasteiger charge is -2.22. The van der Waals surface area contributed by atoms with E-state index in [4.69, 9.17) is 18.9 Å². The van der Waals surface area contributed by atoms with Gasteiger partial charge in [-0.1, -0.05) is 13.8 Å². The molecule has 3 N–H and O–H groups in total. The van der Waals surface area contributed by atoms with Crippen LogP contribution in [0.5, 0.6) is 17.2 Å². The highest BCUT2D eigenvalue weighted by molar-refractivity contribution is 5.89. The molecular formula is C31H35N2O5+. The number of fused-ring (bicyclic) bond motifs is 3. The van der Waals surface area contributed by atoms with Gasteiger partial charge in [0, 0.05) is 28.5 Å². The van der Waals surface area contributed by atoms with Crippen molar-refractivity contribution in [3.05, 3.63) is 88.6 Å².